The molecule has 0 radical (unpaired) electrons. The second-order valence-electron chi connectivity index (χ2n) is 3.80. The van der Waals surface area contributed by atoms with Crippen LogP contribution in [0.25, 0.3) is 0 Å². The Bertz CT molecular complexity index is 338. The maximum atomic E-state index is 11.1. The lowest BCUT2D eigenvalue weighted by molar-refractivity contribution is -0.116. The molecule has 2 heterocycles. The van der Waals surface area contributed by atoms with E-state index >= 15 is 0 Å². The van der Waals surface area contributed by atoms with E-state index in [0.717, 1.165) is 30.1 Å². The number of rotatable bonds is 2. The summed E-state index contributed by atoms with van der Waals surface area (Å²) in [5.74, 6) is 1.19. The third-order valence-electron chi connectivity index (χ3n) is 2.67. The summed E-state index contributed by atoms with van der Waals surface area (Å²) in [4.78, 5) is 13.2. The molecule has 0 bridgehead atoms. The largest absolute Gasteiger partial charge is 0.361 e. The van der Waals surface area contributed by atoms with Gasteiger partial charge in [-0.1, -0.05) is 5.16 Å². The van der Waals surface area contributed by atoms with E-state index in [1.54, 1.807) is 0 Å². The van der Waals surface area contributed by atoms with Crippen LogP contribution in [0.2, 0.25) is 0 Å². The van der Waals surface area contributed by atoms with E-state index in [1.807, 2.05) is 13.8 Å². The van der Waals surface area contributed by atoms with Crippen molar-refractivity contribution in [2.45, 2.75) is 26.8 Å². The van der Waals surface area contributed by atoms with Crippen LogP contribution < -0.4 is 0 Å². The van der Waals surface area contributed by atoms with Gasteiger partial charge in [-0.3, -0.25) is 9.69 Å². The number of aromatic nitrogens is 1. The average Bonchev–Trinajstić information content (AvgIpc) is 2.67. The Morgan fingerprint density at radius 3 is 2.79 bits per heavy atom. The highest BCUT2D eigenvalue weighted by atomic mass is 16.5. The summed E-state index contributed by atoms with van der Waals surface area (Å²) >= 11 is 0. The second kappa shape index (κ2) is 3.53. The molecule has 0 atom stereocenters. The highest BCUT2D eigenvalue weighted by Gasteiger charge is 2.21. The fourth-order valence-corrected chi connectivity index (χ4v) is 1.78. The number of Topliss-reactive ketones (excluding diaryl/α,β-unsaturated/α-hetero) is 1. The van der Waals surface area contributed by atoms with Crippen LogP contribution in [-0.2, 0) is 11.3 Å². The number of aryl methyl sites for hydroxylation is 2. The Labute approximate surface area is 82.9 Å². The number of hydrogen-bond donors (Lipinski definition) is 0. The molecule has 1 aromatic rings. The van der Waals surface area contributed by atoms with Crippen molar-refractivity contribution in [3.8, 4) is 0 Å². The highest BCUT2D eigenvalue weighted by molar-refractivity contribution is 5.82. The lowest BCUT2D eigenvalue weighted by Crippen LogP contribution is -2.20. The molecule has 0 N–H and O–H groups in total. The lowest BCUT2D eigenvalue weighted by atomic mass is 10.2. The van der Waals surface area contributed by atoms with Crippen molar-refractivity contribution in [2.75, 3.05) is 13.1 Å². The minimum Gasteiger partial charge on any atom is -0.361 e. The van der Waals surface area contributed by atoms with Gasteiger partial charge < -0.3 is 4.52 Å². The Morgan fingerprint density at radius 2 is 2.29 bits per heavy atom. The van der Waals surface area contributed by atoms with Crippen molar-refractivity contribution in [1.29, 1.82) is 0 Å². The maximum absolute atomic E-state index is 11.1. The Morgan fingerprint density at radius 1 is 1.50 bits per heavy atom. The Hall–Kier alpha value is -1.16. The minimum absolute atomic E-state index is 0.330. The van der Waals surface area contributed by atoms with E-state index in [1.165, 1.54) is 0 Å². The van der Waals surface area contributed by atoms with E-state index in [2.05, 4.69) is 10.1 Å². The van der Waals surface area contributed by atoms with Crippen LogP contribution in [0.3, 0.4) is 0 Å². The molecule has 14 heavy (non-hydrogen) atoms. The first-order chi connectivity index (χ1) is 6.66. The quantitative estimate of drug-likeness (QED) is 0.706. The van der Waals surface area contributed by atoms with E-state index in [9.17, 15) is 4.79 Å². The van der Waals surface area contributed by atoms with Crippen LogP contribution in [-0.4, -0.2) is 28.9 Å². The van der Waals surface area contributed by atoms with Crippen molar-refractivity contribution in [2.24, 2.45) is 0 Å². The number of likely N-dealkylation sites (tertiary alicyclic amines) is 1. The number of carbonyl (C=O) groups is 1. The number of hydrogen-bond acceptors (Lipinski definition) is 4. The SMILES string of the molecule is Cc1noc(C)c1CN1CCC(=O)C1. The Balaban J connectivity index is 2.07. The molecule has 0 aliphatic carbocycles. The normalized spacial score (nSPS) is 18.0. The zero-order chi connectivity index (χ0) is 10.1. The van der Waals surface area contributed by atoms with Gasteiger partial charge in [-0.2, -0.15) is 0 Å². The van der Waals surface area contributed by atoms with Crippen molar-refractivity contribution < 1.29 is 9.32 Å². The molecule has 0 spiro atoms. The lowest BCUT2D eigenvalue weighted by Gasteiger charge is -2.12. The number of ketones is 1. The van der Waals surface area contributed by atoms with Gasteiger partial charge in [0.25, 0.3) is 0 Å². The van der Waals surface area contributed by atoms with E-state index in [-0.39, 0.29) is 0 Å². The van der Waals surface area contributed by atoms with Gasteiger partial charge in [0.15, 0.2) is 0 Å². The van der Waals surface area contributed by atoms with Crippen LogP contribution in [0.1, 0.15) is 23.4 Å². The second-order valence-corrected chi connectivity index (χ2v) is 3.80. The van der Waals surface area contributed by atoms with Crippen molar-refractivity contribution >= 4 is 5.78 Å². The van der Waals surface area contributed by atoms with Gasteiger partial charge in [-0.15, -0.1) is 0 Å². The van der Waals surface area contributed by atoms with Crippen molar-refractivity contribution in [3.05, 3.63) is 17.0 Å². The Kier molecular flexibility index (Phi) is 2.37. The first-order valence-corrected chi connectivity index (χ1v) is 4.82. The summed E-state index contributed by atoms with van der Waals surface area (Å²) in [5, 5.41) is 3.89. The van der Waals surface area contributed by atoms with E-state index in [4.69, 9.17) is 4.52 Å². The topological polar surface area (TPSA) is 46.3 Å². The summed E-state index contributed by atoms with van der Waals surface area (Å²) in [5.41, 5.74) is 2.06. The number of nitrogens with zero attached hydrogens (tertiary/aromatic N) is 2. The van der Waals surface area contributed by atoms with Crippen LogP contribution in [0, 0.1) is 13.8 Å². The molecule has 76 valence electrons. The molecular weight excluding hydrogens is 180 g/mol. The fourth-order valence-electron chi connectivity index (χ4n) is 1.78. The average molecular weight is 194 g/mol. The summed E-state index contributed by atoms with van der Waals surface area (Å²) in [6, 6.07) is 0. The monoisotopic (exact) mass is 194 g/mol. The predicted octanol–water partition coefficient (Wildman–Crippen LogP) is 1.07. The van der Waals surface area contributed by atoms with Gasteiger partial charge in [0.05, 0.1) is 12.2 Å². The smallest absolute Gasteiger partial charge is 0.148 e. The molecule has 4 nitrogen and oxygen atoms in total. The van der Waals surface area contributed by atoms with Gasteiger partial charge in [-0.05, 0) is 13.8 Å². The zero-order valence-corrected chi connectivity index (χ0v) is 8.54. The highest BCUT2D eigenvalue weighted by Crippen LogP contribution is 2.17. The van der Waals surface area contributed by atoms with Gasteiger partial charge in [-0.25, -0.2) is 0 Å². The van der Waals surface area contributed by atoms with Crippen LogP contribution in [0.15, 0.2) is 4.52 Å². The molecular formula is C10H14N2O2. The third kappa shape index (κ3) is 1.70. The summed E-state index contributed by atoms with van der Waals surface area (Å²) in [6.07, 6.45) is 0.684. The molecule has 0 amide bonds. The minimum atomic E-state index is 0.330. The molecule has 1 aromatic heterocycles. The predicted molar refractivity (Wildman–Crippen MR) is 50.9 cm³/mol. The molecule has 2 rings (SSSR count). The van der Waals surface area contributed by atoms with Gasteiger partial charge in [0.1, 0.15) is 11.5 Å². The fraction of sp³-hybridized carbons (Fsp3) is 0.600. The molecule has 1 saturated heterocycles. The first kappa shape index (κ1) is 9.40. The van der Waals surface area contributed by atoms with Crippen LogP contribution >= 0.6 is 0 Å². The molecule has 0 saturated carbocycles. The maximum Gasteiger partial charge on any atom is 0.148 e. The molecule has 4 heteroatoms. The summed E-state index contributed by atoms with van der Waals surface area (Å²) in [6.45, 7) is 6.07. The molecule has 1 fully saturated rings. The molecule has 0 aromatic carbocycles. The van der Waals surface area contributed by atoms with Crippen LogP contribution in [0.4, 0.5) is 0 Å². The van der Waals surface area contributed by atoms with Gasteiger partial charge in [0, 0.05) is 25.1 Å². The van der Waals surface area contributed by atoms with E-state index in [0.29, 0.717) is 18.7 Å². The molecule has 1 aliphatic rings. The van der Waals surface area contributed by atoms with Gasteiger partial charge in [0.2, 0.25) is 0 Å². The third-order valence-corrected chi connectivity index (χ3v) is 2.67. The van der Waals surface area contributed by atoms with Crippen molar-refractivity contribution in [3.63, 3.8) is 0 Å². The first-order valence-electron chi connectivity index (χ1n) is 4.82. The summed E-state index contributed by atoms with van der Waals surface area (Å²) in [7, 11) is 0. The zero-order valence-electron chi connectivity index (χ0n) is 8.54. The molecule has 0 unspecified atom stereocenters. The van der Waals surface area contributed by atoms with Crippen molar-refractivity contribution in [1.82, 2.24) is 10.1 Å². The number of carbonyl (C=O) groups excluding carboxylic acids is 1. The standard InChI is InChI=1S/C10H14N2O2/c1-7-10(8(2)14-11-7)6-12-4-3-9(13)5-12/h3-6H2,1-2H3. The van der Waals surface area contributed by atoms with Crippen LogP contribution in [0.5, 0.6) is 0 Å². The summed E-state index contributed by atoms with van der Waals surface area (Å²) < 4.78 is 5.07. The van der Waals surface area contributed by atoms with Gasteiger partial charge >= 0.3 is 0 Å². The molecule has 1 aliphatic heterocycles. The van der Waals surface area contributed by atoms with E-state index < -0.39 is 0 Å².